The van der Waals surface area contributed by atoms with Crippen LogP contribution in [0.1, 0.15) is 11.5 Å². The first-order valence-electron chi connectivity index (χ1n) is 3.22. The van der Waals surface area contributed by atoms with E-state index < -0.39 is 0 Å². The lowest BCUT2D eigenvalue weighted by Gasteiger charge is -2.05. The molecule has 5 nitrogen and oxygen atoms in total. The third-order valence-electron chi connectivity index (χ3n) is 1.38. The lowest BCUT2D eigenvalue weighted by Crippen LogP contribution is -2.13. The average Bonchev–Trinajstić information content (AvgIpc) is 1.96. The van der Waals surface area contributed by atoms with Crippen LogP contribution in [0.5, 0.6) is 0 Å². The fourth-order valence-corrected chi connectivity index (χ4v) is 0.831. The van der Waals surface area contributed by atoms with Gasteiger partial charge in [0.1, 0.15) is 5.82 Å². The van der Waals surface area contributed by atoms with Gasteiger partial charge in [0.15, 0.2) is 5.82 Å². The molecule has 1 aromatic heterocycles. The van der Waals surface area contributed by atoms with Gasteiger partial charge >= 0.3 is 0 Å². The number of nitrogens with two attached hydrogens (primary N) is 2. The molecule has 0 amide bonds. The third kappa shape index (κ3) is 1.38. The number of nitrogens with one attached hydrogen (secondary N) is 1. The lowest BCUT2D eigenvalue weighted by molar-refractivity contribution is 1.01. The van der Waals surface area contributed by atoms with E-state index in [0.717, 1.165) is 5.69 Å². The molecular formula is C6H11N5. The van der Waals surface area contributed by atoms with E-state index in [0.29, 0.717) is 17.3 Å². The van der Waals surface area contributed by atoms with Crippen molar-refractivity contribution in [3.05, 3.63) is 11.5 Å². The van der Waals surface area contributed by atoms with Crippen molar-refractivity contribution in [2.24, 2.45) is 5.84 Å². The maximum Gasteiger partial charge on any atom is 0.167 e. The standard InChI is InChI=1S/C6H11N5/c1-3-5(7)6(11-8)10-4(2)9-3/h7-8H2,1-2H3,(H,9,10,11). The normalized spacial score (nSPS) is 9.73. The summed E-state index contributed by atoms with van der Waals surface area (Å²) in [5.74, 6) is 6.31. The van der Waals surface area contributed by atoms with Gasteiger partial charge in [0.05, 0.1) is 11.4 Å². The van der Waals surface area contributed by atoms with Gasteiger partial charge in [-0.2, -0.15) is 0 Å². The fraction of sp³-hybridized carbons (Fsp3) is 0.333. The maximum absolute atomic E-state index is 5.59. The number of hydrogen-bond donors (Lipinski definition) is 3. The van der Waals surface area contributed by atoms with E-state index in [9.17, 15) is 0 Å². The SMILES string of the molecule is Cc1nc(C)c(N)c(NN)n1. The smallest absolute Gasteiger partial charge is 0.167 e. The molecular weight excluding hydrogens is 142 g/mol. The first-order valence-corrected chi connectivity index (χ1v) is 3.22. The van der Waals surface area contributed by atoms with Gasteiger partial charge in [-0.25, -0.2) is 15.8 Å². The summed E-state index contributed by atoms with van der Waals surface area (Å²) in [5, 5.41) is 0. The van der Waals surface area contributed by atoms with Gasteiger partial charge in [0.25, 0.3) is 0 Å². The number of hydrazine groups is 1. The van der Waals surface area contributed by atoms with E-state index >= 15 is 0 Å². The Hall–Kier alpha value is -1.36. The van der Waals surface area contributed by atoms with Gasteiger partial charge in [-0.05, 0) is 13.8 Å². The minimum absolute atomic E-state index is 0.481. The Balaban J connectivity index is 3.24. The number of hydrogen-bond acceptors (Lipinski definition) is 5. The van der Waals surface area contributed by atoms with Gasteiger partial charge in [0.2, 0.25) is 0 Å². The monoisotopic (exact) mass is 153 g/mol. The van der Waals surface area contributed by atoms with E-state index in [4.69, 9.17) is 11.6 Å². The number of rotatable bonds is 1. The fourth-order valence-electron chi connectivity index (χ4n) is 0.831. The summed E-state index contributed by atoms with van der Waals surface area (Å²) < 4.78 is 0. The highest BCUT2D eigenvalue weighted by atomic mass is 15.3. The summed E-state index contributed by atoms with van der Waals surface area (Å²) in [6.45, 7) is 3.60. The van der Waals surface area contributed by atoms with Gasteiger partial charge in [0, 0.05) is 0 Å². The van der Waals surface area contributed by atoms with Crippen LogP contribution in [-0.2, 0) is 0 Å². The molecule has 0 aliphatic carbocycles. The quantitative estimate of drug-likeness (QED) is 0.389. The van der Waals surface area contributed by atoms with Crippen molar-refractivity contribution in [2.45, 2.75) is 13.8 Å². The predicted molar refractivity (Wildman–Crippen MR) is 43.7 cm³/mol. The van der Waals surface area contributed by atoms with Gasteiger partial charge in [-0.3, -0.25) is 0 Å². The predicted octanol–water partition coefficient (Wildman–Crippen LogP) is -0.0388. The summed E-state index contributed by atoms with van der Waals surface area (Å²) >= 11 is 0. The van der Waals surface area contributed by atoms with E-state index in [2.05, 4.69) is 15.4 Å². The van der Waals surface area contributed by atoms with Crippen molar-refractivity contribution in [1.82, 2.24) is 9.97 Å². The number of aromatic nitrogens is 2. The maximum atomic E-state index is 5.59. The zero-order valence-corrected chi connectivity index (χ0v) is 6.55. The lowest BCUT2D eigenvalue weighted by atomic mass is 10.3. The van der Waals surface area contributed by atoms with Crippen LogP contribution < -0.4 is 17.0 Å². The van der Waals surface area contributed by atoms with Crippen LogP contribution in [0, 0.1) is 13.8 Å². The van der Waals surface area contributed by atoms with Crippen LogP contribution in [0.2, 0.25) is 0 Å². The first-order chi connectivity index (χ1) is 5.15. The summed E-state index contributed by atoms with van der Waals surface area (Å²) in [5.41, 5.74) is 9.23. The molecule has 1 rings (SSSR count). The second kappa shape index (κ2) is 2.71. The molecule has 0 aliphatic rings. The molecule has 0 saturated heterocycles. The van der Waals surface area contributed by atoms with Crippen LogP contribution in [0.4, 0.5) is 11.5 Å². The molecule has 1 heterocycles. The topological polar surface area (TPSA) is 89.8 Å². The Kier molecular flexibility index (Phi) is 1.91. The zero-order chi connectivity index (χ0) is 8.43. The average molecular weight is 153 g/mol. The largest absolute Gasteiger partial charge is 0.394 e. The Labute approximate surface area is 64.8 Å². The van der Waals surface area contributed by atoms with Crippen molar-refractivity contribution in [1.29, 1.82) is 0 Å². The summed E-state index contributed by atoms with van der Waals surface area (Å²) in [6.07, 6.45) is 0. The van der Waals surface area contributed by atoms with E-state index in [-0.39, 0.29) is 0 Å². The molecule has 0 fully saturated rings. The zero-order valence-electron chi connectivity index (χ0n) is 6.55. The molecule has 0 aliphatic heterocycles. The minimum Gasteiger partial charge on any atom is -0.394 e. The molecule has 0 radical (unpaired) electrons. The van der Waals surface area contributed by atoms with Crippen molar-refractivity contribution >= 4 is 11.5 Å². The van der Waals surface area contributed by atoms with Crippen LogP contribution >= 0.6 is 0 Å². The van der Waals surface area contributed by atoms with Crippen molar-refractivity contribution in [2.75, 3.05) is 11.2 Å². The molecule has 11 heavy (non-hydrogen) atoms. The highest BCUT2D eigenvalue weighted by molar-refractivity contribution is 5.62. The van der Waals surface area contributed by atoms with Crippen LogP contribution in [0.25, 0.3) is 0 Å². The summed E-state index contributed by atoms with van der Waals surface area (Å²) in [6, 6.07) is 0. The van der Waals surface area contributed by atoms with E-state index in [1.54, 1.807) is 6.92 Å². The number of nitrogens with zero attached hydrogens (tertiary/aromatic N) is 2. The molecule has 60 valence electrons. The van der Waals surface area contributed by atoms with Gasteiger partial charge in [-0.15, -0.1) is 0 Å². The Morgan fingerprint density at radius 1 is 1.27 bits per heavy atom. The van der Waals surface area contributed by atoms with Crippen LogP contribution in [0.15, 0.2) is 0 Å². The van der Waals surface area contributed by atoms with Crippen molar-refractivity contribution in [3.8, 4) is 0 Å². The van der Waals surface area contributed by atoms with Crippen LogP contribution in [0.3, 0.4) is 0 Å². The Bertz CT molecular complexity index is 270. The molecule has 1 aromatic rings. The summed E-state index contributed by atoms with van der Waals surface area (Å²) in [4.78, 5) is 8.03. The minimum atomic E-state index is 0.481. The Morgan fingerprint density at radius 3 is 2.45 bits per heavy atom. The Morgan fingerprint density at radius 2 is 1.91 bits per heavy atom. The second-order valence-electron chi connectivity index (χ2n) is 2.26. The van der Waals surface area contributed by atoms with E-state index in [1.165, 1.54) is 0 Å². The second-order valence-corrected chi connectivity index (χ2v) is 2.26. The molecule has 0 bridgehead atoms. The highest BCUT2D eigenvalue weighted by Crippen LogP contribution is 2.16. The number of aryl methyl sites for hydroxylation is 2. The molecule has 0 unspecified atom stereocenters. The van der Waals surface area contributed by atoms with Gasteiger partial charge < -0.3 is 11.2 Å². The van der Waals surface area contributed by atoms with Crippen LogP contribution in [-0.4, -0.2) is 9.97 Å². The summed E-state index contributed by atoms with van der Waals surface area (Å²) in [7, 11) is 0. The number of nitrogen functional groups attached to an aromatic ring is 2. The molecule has 0 saturated carbocycles. The van der Waals surface area contributed by atoms with E-state index in [1.807, 2.05) is 6.92 Å². The molecule has 5 N–H and O–H groups in total. The molecule has 0 aromatic carbocycles. The molecule has 5 heteroatoms. The highest BCUT2D eigenvalue weighted by Gasteiger charge is 2.03. The first kappa shape index (κ1) is 7.74. The third-order valence-corrected chi connectivity index (χ3v) is 1.38. The van der Waals surface area contributed by atoms with Crippen molar-refractivity contribution < 1.29 is 0 Å². The van der Waals surface area contributed by atoms with Gasteiger partial charge in [-0.1, -0.05) is 0 Å². The molecule has 0 atom stereocenters. The number of anilines is 2. The molecule has 0 spiro atoms. The van der Waals surface area contributed by atoms with Crippen molar-refractivity contribution in [3.63, 3.8) is 0 Å².